The van der Waals surface area contributed by atoms with Gasteiger partial charge in [0.2, 0.25) is 0 Å². The van der Waals surface area contributed by atoms with E-state index in [1.165, 1.54) is 12.1 Å². The highest BCUT2D eigenvalue weighted by molar-refractivity contribution is 6.32. The topological polar surface area (TPSA) is 17.8 Å². The van der Waals surface area contributed by atoms with Gasteiger partial charge in [0.25, 0.3) is 0 Å². The SMILES string of the molecule is Cc1cccc2c1nc(CCCl)n2-c1cc(F)ccc1Cl. The minimum atomic E-state index is -0.333. The van der Waals surface area contributed by atoms with Crippen molar-refractivity contribution < 1.29 is 4.39 Å². The lowest BCUT2D eigenvalue weighted by Gasteiger charge is -2.11. The Bertz CT molecular complexity index is 811. The second-order valence-corrected chi connectivity index (χ2v) is 5.63. The van der Waals surface area contributed by atoms with E-state index >= 15 is 0 Å². The van der Waals surface area contributed by atoms with E-state index in [2.05, 4.69) is 4.98 Å². The molecule has 0 N–H and O–H groups in total. The molecule has 1 aromatic heterocycles. The summed E-state index contributed by atoms with van der Waals surface area (Å²) in [6, 6.07) is 10.2. The molecule has 0 spiro atoms. The molecule has 0 unspecified atom stereocenters. The predicted molar refractivity (Wildman–Crippen MR) is 85.2 cm³/mol. The number of halogens is 3. The summed E-state index contributed by atoms with van der Waals surface area (Å²) < 4.78 is 15.5. The van der Waals surface area contributed by atoms with Gasteiger partial charge in [-0.25, -0.2) is 9.37 Å². The van der Waals surface area contributed by atoms with Crippen molar-refractivity contribution in [1.82, 2.24) is 9.55 Å². The lowest BCUT2D eigenvalue weighted by molar-refractivity contribution is 0.626. The Balaban J connectivity index is 2.36. The number of hydrogen-bond acceptors (Lipinski definition) is 1. The van der Waals surface area contributed by atoms with Gasteiger partial charge in [-0.1, -0.05) is 23.7 Å². The van der Waals surface area contributed by atoms with E-state index < -0.39 is 0 Å². The van der Waals surface area contributed by atoms with E-state index in [9.17, 15) is 4.39 Å². The first-order valence-electron chi connectivity index (χ1n) is 6.60. The van der Waals surface area contributed by atoms with Gasteiger partial charge in [0, 0.05) is 12.3 Å². The quantitative estimate of drug-likeness (QED) is 0.626. The zero-order chi connectivity index (χ0) is 15.0. The number of alkyl halides is 1. The predicted octanol–water partition coefficient (Wildman–Crippen LogP) is 4.91. The van der Waals surface area contributed by atoms with Crippen LogP contribution in [0.5, 0.6) is 0 Å². The van der Waals surface area contributed by atoms with Gasteiger partial charge in [-0.05, 0) is 36.8 Å². The van der Waals surface area contributed by atoms with Crippen LogP contribution in [0.25, 0.3) is 16.7 Å². The zero-order valence-electron chi connectivity index (χ0n) is 11.4. The van der Waals surface area contributed by atoms with Crippen molar-refractivity contribution in [3.63, 3.8) is 0 Å². The van der Waals surface area contributed by atoms with E-state index in [1.54, 1.807) is 6.07 Å². The van der Waals surface area contributed by atoms with Gasteiger partial charge in [0.1, 0.15) is 11.6 Å². The Hall–Kier alpha value is -1.58. The first-order valence-corrected chi connectivity index (χ1v) is 7.51. The van der Waals surface area contributed by atoms with Crippen LogP contribution in [0.1, 0.15) is 11.4 Å². The number of fused-ring (bicyclic) bond motifs is 1. The van der Waals surface area contributed by atoms with Crippen LogP contribution in [-0.2, 0) is 6.42 Å². The van der Waals surface area contributed by atoms with E-state index in [1.807, 2.05) is 29.7 Å². The molecule has 21 heavy (non-hydrogen) atoms. The smallest absolute Gasteiger partial charge is 0.125 e. The van der Waals surface area contributed by atoms with Crippen LogP contribution in [-0.4, -0.2) is 15.4 Å². The molecule has 3 rings (SSSR count). The van der Waals surface area contributed by atoms with Gasteiger partial charge >= 0.3 is 0 Å². The number of nitrogens with zero attached hydrogens (tertiary/aromatic N) is 2. The minimum absolute atomic E-state index is 0.333. The molecule has 0 bridgehead atoms. The molecule has 5 heteroatoms. The minimum Gasteiger partial charge on any atom is -0.295 e. The summed E-state index contributed by atoms with van der Waals surface area (Å²) >= 11 is 12.1. The summed E-state index contributed by atoms with van der Waals surface area (Å²) in [6.07, 6.45) is 0.586. The van der Waals surface area contributed by atoms with E-state index in [0.717, 1.165) is 22.4 Å². The highest BCUT2D eigenvalue weighted by Crippen LogP contribution is 2.29. The summed E-state index contributed by atoms with van der Waals surface area (Å²) in [7, 11) is 0. The normalized spacial score (nSPS) is 11.2. The third kappa shape index (κ3) is 2.52. The molecule has 0 aliphatic carbocycles. The molecule has 0 radical (unpaired) electrons. The van der Waals surface area contributed by atoms with Crippen molar-refractivity contribution in [3.05, 3.63) is 58.6 Å². The maximum atomic E-state index is 13.6. The number of rotatable bonds is 3. The monoisotopic (exact) mass is 322 g/mol. The maximum absolute atomic E-state index is 13.6. The largest absolute Gasteiger partial charge is 0.295 e. The van der Waals surface area contributed by atoms with E-state index in [4.69, 9.17) is 23.2 Å². The average Bonchev–Trinajstić information content (AvgIpc) is 2.82. The molecule has 0 aliphatic rings. The van der Waals surface area contributed by atoms with Crippen molar-refractivity contribution in [1.29, 1.82) is 0 Å². The number of benzene rings is 2. The lowest BCUT2D eigenvalue weighted by Crippen LogP contribution is -2.03. The first kappa shape index (κ1) is 14.4. The Labute approximate surface area is 132 Å². The summed E-state index contributed by atoms with van der Waals surface area (Å²) in [5.41, 5.74) is 3.44. The number of hydrogen-bond donors (Lipinski definition) is 0. The van der Waals surface area contributed by atoms with Gasteiger partial charge < -0.3 is 0 Å². The molecular formula is C16H13Cl2FN2. The fourth-order valence-corrected chi connectivity index (χ4v) is 2.84. The fraction of sp³-hybridized carbons (Fsp3) is 0.188. The Morgan fingerprint density at radius 3 is 2.81 bits per heavy atom. The summed E-state index contributed by atoms with van der Waals surface area (Å²) in [5.74, 6) is 0.887. The van der Waals surface area contributed by atoms with Crippen molar-refractivity contribution in [2.75, 3.05) is 5.88 Å². The van der Waals surface area contributed by atoms with E-state index in [-0.39, 0.29) is 5.82 Å². The molecule has 0 aliphatic heterocycles. The average molecular weight is 323 g/mol. The highest BCUT2D eigenvalue weighted by atomic mass is 35.5. The third-order valence-electron chi connectivity index (χ3n) is 3.42. The second kappa shape index (κ2) is 5.66. The van der Waals surface area contributed by atoms with E-state index in [0.29, 0.717) is 23.0 Å². The number of para-hydroxylation sites is 1. The molecule has 0 saturated carbocycles. The van der Waals surface area contributed by atoms with Crippen LogP contribution in [0.15, 0.2) is 36.4 Å². The summed E-state index contributed by atoms with van der Waals surface area (Å²) in [6.45, 7) is 2.00. The van der Waals surface area contributed by atoms with Crippen molar-refractivity contribution in [3.8, 4) is 5.69 Å². The molecule has 0 saturated heterocycles. The standard InChI is InChI=1S/C16H13Cl2FN2/c1-10-3-2-4-13-16(10)20-15(7-8-17)21(13)14-9-11(19)5-6-12(14)18/h2-6,9H,7-8H2,1H3. The van der Waals surface area contributed by atoms with Gasteiger partial charge in [-0.3, -0.25) is 4.57 Å². The Morgan fingerprint density at radius 2 is 2.05 bits per heavy atom. The van der Waals surface area contributed by atoms with Crippen LogP contribution >= 0.6 is 23.2 Å². The zero-order valence-corrected chi connectivity index (χ0v) is 12.9. The van der Waals surface area contributed by atoms with Crippen LogP contribution in [0.3, 0.4) is 0 Å². The molecule has 1 heterocycles. The number of aromatic nitrogens is 2. The molecule has 3 aromatic rings. The Morgan fingerprint density at radius 1 is 1.24 bits per heavy atom. The molecule has 2 nitrogen and oxygen atoms in total. The third-order valence-corrected chi connectivity index (χ3v) is 3.93. The highest BCUT2D eigenvalue weighted by Gasteiger charge is 2.16. The number of imidazole rings is 1. The molecule has 108 valence electrons. The van der Waals surface area contributed by atoms with Crippen molar-refractivity contribution in [2.45, 2.75) is 13.3 Å². The van der Waals surface area contributed by atoms with Gasteiger partial charge in [0.05, 0.1) is 21.7 Å². The summed E-state index contributed by atoms with van der Waals surface area (Å²) in [4.78, 5) is 4.65. The first-order chi connectivity index (χ1) is 10.1. The van der Waals surface area contributed by atoms with Crippen LogP contribution in [0.4, 0.5) is 4.39 Å². The van der Waals surface area contributed by atoms with Gasteiger partial charge in [-0.2, -0.15) is 0 Å². The lowest BCUT2D eigenvalue weighted by atomic mass is 10.2. The van der Waals surface area contributed by atoms with Crippen LogP contribution in [0, 0.1) is 12.7 Å². The molecule has 0 amide bonds. The van der Waals surface area contributed by atoms with Gasteiger partial charge in [-0.15, -0.1) is 11.6 Å². The Kier molecular flexibility index (Phi) is 3.87. The fourth-order valence-electron chi connectivity index (χ4n) is 2.47. The number of aryl methyl sites for hydroxylation is 2. The summed E-state index contributed by atoms with van der Waals surface area (Å²) in [5, 5.41) is 0.480. The van der Waals surface area contributed by atoms with Crippen molar-refractivity contribution in [2.24, 2.45) is 0 Å². The molecule has 2 aromatic carbocycles. The molecular weight excluding hydrogens is 310 g/mol. The van der Waals surface area contributed by atoms with Crippen LogP contribution < -0.4 is 0 Å². The second-order valence-electron chi connectivity index (χ2n) is 4.84. The van der Waals surface area contributed by atoms with Crippen LogP contribution in [0.2, 0.25) is 5.02 Å². The maximum Gasteiger partial charge on any atom is 0.125 e. The molecule has 0 fully saturated rings. The van der Waals surface area contributed by atoms with Gasteiger partial charge in [0.15, 0.2) is 0 Å². The van der Waals surface area contributed by atoms with Crippen molar-refractivity contribution >= 4 is 34.2 Å². The molecule has 0 atom stereocenters.